The Bertz CT molecular complexity index is 421. The molecule has 0 unspecified atom stereocenters. The molecular formula is C12H15NO5. The van der Waals surface area contributed by atoms with E-state index in [-0.39, 0.29) is 20.0 Å². The maximum Gasteiger partial charge on any atom is 0.407 e. The number of amides is 1. The SMILES string of the molecule is O=C(NCCCO)OCc1ccc2c(c1)OCO2. The number of carbonyl (C=O) groups is 1. The van der Waals surface area contributed by atoms with Crippen molar-refractivity contribution in [2.75, 3.05) is 19.9 Å². The number of fused-ring (bicyclic) bond motifs is 1. The lowest BCUT2D eigenvalue weighted by Crippen LogP contribution is -2.25. The molecule has 0 aromatic heterocycles. The third-order valence-corrected chi connectivity index (χ3v) is 2.41. The molecule has 1 aliphatic rings. The Morgan fingerprint density at radius 2 is 2.22 bits per heavy atom. The van der Waals surface area contributed by atoms with Gasteiger partial charge in [0.15, 0.2) is 11.5 Å². The zero-order valence-electron chi connectivity index (χ0n) is 9.85. The van der Waals surface area contributed by atoms with Crippen LogP contribution in [0.2, 0.25) is 0 Å². The van der Waals surface area contributed by atoms with Gasteiger partial charge in [-0.2, -0.15) is 0 Å². The van der Waals surface area contributed by atoms with E-state index in [1.165, 1.54) is 0 Å². The molecule has 1 amide bonds. The Morgan fingerprint density at radius 1 is 1.39 bits per heavy atom. The highest BCUT2D eigenvalue weighted by molar-refractivity contribution is 5.67. The Morgan fingerprint density at radius 3 is 3.06 bits per heavy atom. The molecule has 98 valence electrons. The predicted molar refractivity (Wildman–Crippen MR) is 62.5 cm³/mol. The molecule has 0 spiro atoms. The molecule has 1 aromatic rings. The molecule has 1 aliphatic heterocycles. The van der Waals surface area contributed by atoms with Crippen molar-refractivity contribution in [3.05, 3.63) is 23.8 Å². The Kier molecular flexibility index (Phi) is 4.25. The van der Waals surface area contributed by atoms with Gasteiger partial charge in [0.25, 0.3) is 0 Å². The summed E-state index contributed by atoms with van der Waals surface area (Å²) in [6, 6.07) is 5.38. The van der Waals surface area contributed by atoms with Crippen molar-refractivity contribution < 1.29 is 24.1 Å². The van der Waals surface area contributed by atoms with E-state index in [2.05, 4.69) is 5.32 Å². The van der Waals surface area contributed by atoms with Crippen molar-refractivity contribution in [1.29, 1.82) is 0 Å². The lowest BCUT2D eigenvalue weighted by atomic mass is 10.2. The highest BCUT2D eigenvalue weighted by Gasteiger charge is 2.13. The van der Waals surface area contributed by atoms with E-state index < -0.39 is 6.09 Å². The van der Waals surface area contributed by atoms with Crippen LogP contribution < -0.4 is 14.8 Å². The second kappa shape index (κ2) is 6.11. The minimum absolute atomic E-state index is 0.0441. The Hall–Kier alpha value is -1.95. The number of nitrogens with one attached hydrogen (secondary N) is 1. The quantitative estimate of drug-likeness (QED) is 0.766. The van der Waals surface area contributed by atoms with Gasteiger partial charge < -0.3 is 24.6 Å². The summed E-state index contributed by atoms with van der Waals surface area (Å²) in [7, 11) is 0. The van der Waals surface area contributed by atoms with Gasteiger partial charge >= 0.3 is 6.09 Å². The summed E-state index contributed by atoms with van der Waals surface area (Å²) < 4.78 is 15.4. The van der Waals surface area contributed by atoms with Gasteiger partial charge in [-0.25, -0.2) is 4.79 Å². The maximum atomic E-state index is 11.3. The lowest BCUT2D eigenvalue weighted by Gasteiger charge is -2.07. The Balaban J connectivity index is 1.78. The number of aliphatic hydroxyl groups is 1. The molecule has 0 fully saturated rings. The molecule has 2 rings (SSSR count). The number of hydrogen-bond donors (Lipinski definition) is 2. The number of benzene rings is 1. The van der Waals surface area contributed by atoms with Crippen molar-refractivity contribution >= 4 is 6.09 Å². The monoisotopic (exact) mass is 253 g/mol. The van der Waals surface area contributed by atoms with Crippen LogP contribution in [0.25, 0.3) is 0 Å². The summed E-state index contributed by atoms with van der Waals surface area (Å²) in [6.07, 6.45) is 0.0141. The number of hydrogen-bond acceptors (Lipinski definition) is 5. The molecule has 0 aliphatic carbocycles. The number of alkyl carbamates (subject to hydrolysis) is 1. The molecular weight excluding hydrogens is 238 g/mol. The first-order valence-corrected chi connectivity index (χ1v) is 5.69. The van der Waals surface area contributed by atoms with Gasteiger partial charge in [0.1, 0.15) is 6.61 Å². The number of carbonyl (C=O) groups excluding carboxylic acids is 1. The third kappa shape index (κ3) is 3.27. The van der Waals surface area contributed by atoms with Gasteiger partial charge in [-0.3, -0.25) is 0 Å². The average molecular weight is 253 g/mol. The standard InChI is InChI=1S/C12H15NO5/c14-5-1-4-13-12(15)16-7-9-2-3-10-11(6-9)18-8-17-10/h2-3,6,14H,1,4-5,7-8H2,(H,13,15). The van der Waals surface area contributed by atoms with Crippen molar-refractivity contribution in [2.24, 2.45) is 0 Å². The van der Waals surface area contributed by atoms with E-state index in [0.717, 1.165) is 5.56 Å². The van der Waals surface area contributed by atoms with Crippen LogP contribution in [-0.2, 0) is 11.3 Å². The largest absolute Gasteiger partial charge is 0.454 e. The molecule has 1 heterocycles. The van der Waals surface area contributed by atoms with E-state index in [1.807, 2.05) is 6.07 Å². The second-order valence-electron chi connectivity index (χ2n) is 3.77. The summed E-state index contributed by atoms with van der Waals surface area (Å²) >= 11 is 0. The number of ether oxygens (including phenoxy) is 3. The molecule has 6 nitrogen and oxygen atoms in total. The average Bonchev–Trinajstić information content (AvgIpc) is 2.84. The molecule has 0 saturated heterocycles. The fraction of sp³-hybridized carbons (Fsp3) is 0.417. The van der Waals surface area contributed by atoms with Gasteiger partial charge in [-0.15, -0.1) is 0 Å². The van der Waals surface area contributed by atoms with Crippen LogP contribution >= 0.6 is 0 Å². The molecule has 1 aromatic carbocycles. The zero-order chi connectivity index (χ0) is 12.8. The minimum atomic E-state index is -0.499. The predicted octanol–water partition coefficient (Wildman–Crippen LogP) is 1.02. The minimum Gasteiger partial charge on any atom is -0.454 e. The highest BCUT2D eigenvalue weighted by Crippen LogP contribution is 2.32. The van der Waals surface area contributed by atoms with Crippen molar-refractivity contribution in [3.63, 3.8) is 0 Å². The molecule has 0 saturated carbocycles. The summed E-state index contributed by atoms with van der Waals surface area (Å²) in [6.45, 7) is 0.835. The van der Waals surface area contributed by atoms with Gasteiger partial charge in [0.05, 0.1) is 0 Å². The van der Waals surface area contributed by atoms with Crippen molar-refractivity contribution in [2.45, 2.75) is 13.0 Å². The van der Waals surface area contributed by atoms with E-state index >= 15 is 0 Å². The second-order valence-corrected chi connectivity index (χ2v) is 3.77. The van der Waals surface area contributed by atoms with Crippen LogP contribution in [0.15, 0.2) is 18.2 Å². The van der Waals surface area contributed by atoms with Crippen molar-refractivity contribution in [3.8, 4) is 11.5 Å². The first kappa shape index (κ1) is 12.5. The van der Waals surface area contributed by atoms with E-state index in [9.17, 15) is 4.79 Å². The molecule has 6 heteroatoms. The fourth-order valence-corrected chi connectivity index (χ4v) is 1.50. The zero-order valence-corrected chi connectivity index (χ0v) is 9.85. The smallest absolute Gasteiger partial charge is 0.407 e. The summed E-state index contributed by atoms with van der Waals surface area (Å²) in [5, 5.41) is 11.1. The van der Waals surface area contributed by atoms with Crippen molar-refractivity contribution in [1.82, 2.24) is 5.32 Å². The van der Waals surface area contributed by atoms with Crippen LogP contribution in [0.4, 0.5) is 4.79 Å². The number of aliphatic hydroxyl groups excluding tert-OH is 1. The van der Waals surface area contributed by atoms with Crippen LogP contribution in [0.1, 0.15) is 12.0 Å². The Labute approximate surface area is 104 Å². The van der Waals surface area contributed by atoms with Crippen LogP contribution in [-0.4, -0.2) is 31.1 Å². The topological polar surface area (TPSA) is 77.0 Å². The van der Waals surface area contributed by atoms with Gasteiger partial charge in [0, 0.05) is 13.2 Å². The van der Waals surface area contributed by atoms with E-state index in [4.69, 9.17) is 19.3 Å². The molecule has 2 N–H and O–H groups in total. The maximum absolute atomic E-state index is 11.3. The van der Waals surface area contributed by atoms with Crippen LogP contribution in [0.3, 0.4) is 0 Å². The van der Waals surface area contributed by atoms with Gasteiger partial charge in [-0.1, -0.05) is 6.07 Å². The lowest BCUT2D eigenvalue weighted by molar-refractivity contribution is 0.138. The summed E-state index contributed by atoms with van der Waals surface area (Å²) in [4.78, 5) is 11.3. The highest BCUT2D eigenvalue weighted by atomic mass is 16.7. The molecule has 0 atom stereocenters. The van der Waals surface area contributed by atoms with Gasteiger partial charge in [-0.05, 0) is 24.1 Å². The van der Waals surface area contributed by atoms with Gasteiger partial charge in [0.2, 0.25) is 6.79 Å². The normalized spacial score (nSPS) is 12.3. The van der Waals surface area contributed by atoms with E-state index in [0.29, 0.717) is 24.5 Å². The van der Waals surface area contributed by atoms with Crippen LogP contribution in [0.5, 0.6) is 11.5 Å². The number of rotatable bonds is 5. The van der Waals surface area contributed by atoms with Crippen LogP contribution in [0, 0.1) is 0 Å². The fourth-order valence-electron chi connectivity index (χ4n) is 1.50. The first-order chi connectivity index (χ1) is 8.79. The molecule has 18 heavy (non-hydrogen) atoms. The summed E-state index contributed by atoms with van der Waals surface area (Å²) in [5.41, 5.74) is 0.830. The van der Waals surface area contributed by atoms with E-state index in [1.54, 1.807) is 12.1 Å². The first-order valence-electron chi connectivity index (χ1n) is 5.69. The molecule has 0 bridgehead atoms. The molecule has 0 radical (unpaired) electrons. The third-order valence-electron chi connectivity index (χ3n) is 2.41. The summed E-state index contributed by atoms with van der Waals surface area (Å²) in [5.74, 6) is 1.36.